The monoisotopic (exact) mass is 355 g/mol. The number of carbonyl (C=O) groups excluding carboxylic acids is 1. The fraction of sp³-hybridized carbons (Fsp3) is 0.409. The van der Waals surface area contributed by atoms with Crippen molar-refractivity contribution in [3.05, 3.63) is 59.2 Å². The van der Waals surface area contributed by atoms with Gasteiger partial charge in [0.05, 0.1) is 20.1 Å². The summed E-state index contributed by atoms with van der Waals surface area (Å²) < 4.78 is 10.9. The summed E-state index contributed by atoms with van der Waals surface area (Å²) in [7, 11) is 1.66. The van der Waals surface area contributed by atoms with E-state index in [2.05, 4.69) is 30.4 Å². The summed E-state index contributed by atoms with van der Waals surface area (Å²) in [5.74, 6) is 1.73. The topological polar surface area (TPSA) is 47.6 Å². The van der Waals surface area contributed by atoms with Crippen LogP contribution < -0.4 is 14.8 Å². The maximum absolute atomic E-state index is 12.1. The van der Waals surface area contributed by atoms with Crippen LogP contribution in [0.3, 0.4) is 0 Å². The number of amides is 1. The minimum absolute atomic E-state index is 0.0250. The van der Waals surface area contributed by atoms with Gasteiger partial charge in [-0.15, -0.1) is 0 Å². The molecule has 1 atom stereocenters. The molecule has 0 spiro atoms. The quantitative estimate of drug-likeness (QED) is 0.733. The second kappa shape index (κ2) is 9.85. The van der Waals surface area contributed by atoms with E-state index in [0.29, 0.717) is 13.0 Å². The van der Waals surface area contributed by atoms with Crippen molar-refractivity contribution in [1.29, 1.82) is 0 Å². The summed E-state index contributed by atoms with van der Waals surface area (Å²) in [4.78, 5) is 12.1. The molecule has 1 unspecified atom stereocenters. The number of nitrogens with one attached hydrogen (secondary N) is 1. The van der Waals surface area contributed by atoms with Crippen LogP contribution in [0, 0.1) is 13.8 Å². The third kappa shape index (κ3) is 6.43. The Bertz CT molecular complexity index is 710. The molecule has 26 heavy (non-hydrogen) atoms. The molecule has 0 aliphatic rings. The summed E-state index contributed by atoms with van der Waals surface area (Å²) in [6.45, 7) is 6.49. The van der Waals surface area contributed by atoms with Crippen LogP contribution in [0.4, 0.5) is 0 Å². The second-order valence-corrected chi connectivity index (χ2v) is 6.72. The van der Waals surface area contributed by atoms with Crippen LogP contribution in [0.1, 0.15) is 36.5 Å². The highest BCUT2D eigenvalue weighted by Crippen LogP contribution is 2.18. The van der Waals surface area contributed by atoms with E-state index >= 15 is 0 Å². The molecule has 1 amide bonds. The van der Waals surface area contributed by atoms with Crippen molar-refractivity contribution in [2.45, 2.75) is 46.1 Å². The van der Waals surface area contributed by atoms with Gasteiger partial charge < -0.3 is 14.8 Å². The van der Waals surface area contributed by atoms with Gasteiger partial charge in [-0.25, -0.2) is 0 Å². The first kappa shape index (κ1) is 19.8. The number of aryl methyl sites for hydroxylation is 3. The molecule has 0 aliphatic carbocycles. The van der Waals surface area contributed by atoms with Gasteiger partial charge in [-0.2, -0.15) is 0 Å². The van der Waals surface area contributed by atoms with Gasteiger partial charge in [0.2, 0.25) is 5.91 Å². The molecule has 0 aliphatic heterocycles. The molecule has 2 rings (SSSR count). The lowest BCUT2D eigenvalue weighted by atomic mass is 10.1. The Morgan fingerprint density at radius 3 is 2.50 bits per heavy atom. The van der Waals surface area contributed by atoms with Crippen molar-refractivity contribution < 1.29 is 14.3 Å². The number of methoxy groups -OCH3 is 1. The molecule has 0 bridgehead atoms. The van der Waals surface area contributed by atoms with Crippen LogP contribution in [-0.2, 0) is 11.2 Å². The smallest absolute Gasteiger partial charge is 0.223 e. The molecule has 140 valence electrons. The largest absolute Gasteiger partial charge is 0.497 e. The lowest BCUT2D eigenvalue weighted by molar-refractivity contribution is -0.122. The number of ether oxygens (including phenoxy) is 2. The van der Waals surface area contributed by atoms with E-state index in [-0.39, 0.29) is 11.9 Å². The standard InChI is InChI=1S/C22H29NO3/c1-16-5-12-21(17(2)15-16)26-14-13-22(24)23-18(3)6-7-19-8-10-20(25-4)11-9-19/h5,8-12,15,18H,6-7,13-14H2,1-4H3,(H,23,24). The van der Waals surface area contributed by atoms with Crippen LogP contribution in [0.25, 0.3) is 0 Å². The van der Waals surface area contributed by atoms with Gasteiger partial charge in [-0.1, -0.05) is 29.8 Å². The number of benzene rings is 2. The number of hydrogen-bond acceptors (Lipinski definition) is 3. The van der Waals surface area contributed by atoms with Crippen LogP contribution >= 0.6 is 0 Å². The van der Waals surface area contributed by atoms with Gasteiger partial charge >= 0.3 is 0 Å². The second-order valence-electron chi connectivity index (χ2n) is 6.72. The lowest BCUT2D eigenvalue weighted by Crippen LogP contribution is -2.33. The summed E-state index contributed by atoms with van der Waals surface area (Å²) in [6.07, 6.45) is 2.18. The highest BCUT2D eigenvalue weighted by molar-refractivity contribution is 5.76. The van der Waals surface area contributed by atoms with Crippen LogP contribution in [0.5, 0.6) is 11.5 Å². The lowest BCUT2D eigenvalue weighted by Gasteiger charge is -2.15. The summed E-state index contributed by atoms with van der Waals surface area (Å²) >= 11 is 0. The third-order valence-electron chi connectivity index (χ3n) is 4.35. The first-order valence-corrected chi connectivity index (χ1v) is 9.10. The average Bonchev–Trinajstić information content (AvgIpc) is 2.62. The Morgan fingerprint density at radius 2 is 1.85 bits per heavy atom. The number of hydrogen-bond donors (Lipinski definition) is 1. The first-order valence-electron chi connectivity index (χ1n) is 9.10. The van der Waals surface area contributed by atoms with E-state index < -0.39 is 0 Å². The van der Waals surface area contributed by atoms with Crippen molar-refractivity contribution in [3.8, 4) is 11.5 Å². The Hall–Kier alpha value is -2.49. The fourth-order valence-corrected chi connectivity index (χ4v) is 2.81. The van der Waals surface area contributed by atoms with Crippen molar-refractivity contribution in [3.63, 3.8) is 0 Å². The molecule has 2 aromatic carbocycles. The van der Waals surface area contributed by atoms with Gasteiger partial charge in [-0.05, 0) is 62.9 Å². The van der Waals surface area contributed by atoms with Crippen molar-refractivity contribution in [2.24, 2.45) is 0 Å². The highest BCUT2D eigenvalue weighted by atomic mass is 16.5. The molecule has 4 heteroatoms. The first-order chi connectivity index (χ1) is 12.5. The summed E-state index contributed by atoms with van der Waals surface area (Å²) in [5, 5.41) is 3.04. The van der Waals surface area contributed by atoms with Gasteiger partial charge in [-0.3, -0.25) is 4.79 Å². The predicted molar refractivity (Wildman–Crippen MR) is 105 cm³/mol. The highest BCUT2D eigenvalue weighted by Gasteiger charge is 2.09. The Labute approximate surface area is 156 Å². The molecule has 0 saturated heterocycles. The molecule has 0 fully saturated rings. The van der Waals surface area contributed by atoms with E-state index in [1.54, 1.807) is 7.11 Å². The predicted octanol–water partition coefficient (Wildman–Crippen LogP) is 4.22. The molecule has 0 saturated carbocycles. The maximum atomic E-state index is 12.1. The molecular formula is C22H29NO3. The molecule has 0 aromatic heterocycles. The maximum Gasteiger partial charge on any atom is 0.223 e. The summed E-state index contributed by atoms with van der Waals surface area (Å²) in [6, 6.07) is 14.2. The number of rotatable bonds is 9. The van der Waals surface area contributed by atoms with Crippen molar-refractivity contribution in [1.82, 2.24) is 5.32 Å². The van der Waals surface area contributed by atoms with Gasteiger partial charge in [0.25, 0.3) is 0 Å². The molecule has 2 aromatic rings. The SMILES string of the molecule is COc1ccc(CCC(C)NC(=O)CCOc2ccc(C)cc2C)cc1. The van der Waals surface area contributed by atoms with E-state index in [9.17, 15) is 4.79 Å². The number of carbonyl (C=O) groups is 1. The Morgan fingerprint density at radius 1 is 1.12 bits per heavy atom. The minimum atomic E-state index is 0.0250. The van der Waals surface area contributed by atoms with E-state index in [1.165, 1.54) is 11.1 Å². The molecule has 0 heterocycles. The van der Waals surface area contributed by atoms with Crippen molar-refractivity contribution >= 4 is 5.91 Å². The Balaban J connectivity index is 1.67. The normalized spacial score (nSPS) is 11.7. The van der Waals surface area contributed by atoms with Crippen LogP contribution in [-0.4, -0.2) is 25.7 Å². The molecule has 0 radical (unpaired) electrons. The molecule has 4 nitrogen and oxygen atoms in total. The minimum Gasteiger partial charge on any atom is -0.497 e. The van der Waals surface area contributed by atoms with Crippen molar-refractivity contribution in [2.75, 3.05) is 13.7 Å². The Kier molecular flexibility index (Phi) is 7.52. The molecular weight excluding hydrogens is 326 g/mol. The zero-order chi connectivity index (χ0) is 18.9. The van der Waals surface area contributed by atoms with Gasteiger partial charge in [0.15, 0.2) is 0 Å². The summed E-state index contributed by atoms with van der Waals surface area (Å²) in [5.41, 5.74) is 3.54. The van der Waals surface area contributed by atoms with Gasteiger partial charge in [0.1, 0.15) is 11.5 Å². The molecule has 1 N–H and O–H groups in total. The fourth-order valence-electron chi connectivity index (χ4n) is 2.81. The van der Waals surface area contributed by atoms with Gasteiger partial charge in [0, 0.05) is 6.04 Å². The van der Waals surface area contributed by atoms with E-state index in [0.717, 1.165) is 29.9 Å². The van der Waals surface area contributed by atoms with E-state index in [4.69, 9.17) is 9.47 Å². The van der Waals surface area contributed by atoms with Crippen LogP contribution in [0.15, 0.2) is 42.5 Å². The van der Waals surface area contributed by atoms with Crippen LogP contribution in [0.2, 0.25) is 0 Å². The van der Waals surface area contributed by atoms with E-state index in [1.807, 2.05) is 38.1 Å². The third-order valence-corrected chi connectivity index (χ3v) is 4.35. The zero-order valence-corrected chi connectivity index (χ0v) is 16.2. The average molecular weight is 355 g/mol. The zero-order valence-electron chi connectivity index (χ0n) is 16.2.